The van der Waals surface area contributed by atoms with E-state index in [1.165, 1.54) is 63.8 Å². The standard InChI is InChI=1S/C26H19F3O8/c1-32-16-7-4-5-8-17(16)36-23-22(30)15-12-11-14(13-20(15)37-24(23)26(27,28)29)35-25(31)21-18(33-2)9-6-10-19(21)34-3/h4-13H,1-3H3. The van der Waals surface area contributed by atoms with Gasteiger partial charge in [0.15, 0.2) is 11.5 Å². The number of carbonyl (C=O) groups excluding carboxylic acids is 1. The number of esters is 1. The first-order chi connectivity index (χ1) is 17.7. The number of alkyl halides is 3. The highest BCUT2D eigenvalue weighted by Crippen LogP contribution is 2.40. The number of rotatable bonds is 7. The highest BCUT2D eigenvalue weighted by molar-refractivity contribution is 5.97. The van der Waals surface area contributed by atoms with Crippen LogP contribution in [0.4, 0.5) is 13.2 Å². The Balaban J connectivity index is 1.78. The van der Waals surface area contributed by atoms with Crippen LogP contribution in [0.25, 0.3) is 11.0 Å². The molecule has 0 N–H and O–H groups in total. The maximum absolute atomic E-state index is 13.9. The van der Waals surface area contributed by atoms with Crippen molar-refractivity contribution in [2.24, 2.45) is 0 Å². The second kappa shape index (κ2) is 10.1. The van der Waals surface area contributed by atoms with Gasteiger partial charge in [-0.05, 0) is 36.4 Å². The van der Waals surface area contributed by atoms with Gasteiger partial charge in [0, 0.05) is 6.07 Å². The van der Waals surface area contributed by atoms with Gasteiger partial charge in [-0.25, -0.2) is 4.79 Å². The molecule has 8 nitrogen and oxygen atoms in total. The largest absolute Gasteiger partial charge is 0.496 e. The number of carbonyl (C=O) groups is 1. The molecule has 0 saturated carbocycles. The highest BCUT2D eigenvalue weighted by atomic mass is 19.4. The van der Waals surface area contributed by atoms with Crippen LogP contribution in [0.1, 0.15) is 16.1 Å². The van der Waals surface area contributed by atoms with Gasteiger partial charge in [-0.15, -0.1) is 0 Å². The molecule has 0 spiro atoms. The van der Waals surface area contributed by atoms with E-state index in [1.807, 2.05) is 0 Å². The summed E-state index contributed by atoms with van der Waals surface area (Å²) in [6, 6.07) is 13.9. The van der Waals surface area contributed by atoms with Crippen LogP contribution in [0, 0.1) is 0 Å². The molecule has 0 unspecified atom stereocenters. The van der Waals surface area contributed by atoms with Crippen molar-refractivity contribution in [3.05, 3.63) is 82.2 Å². The highest BCUT2D eigenvalue weighted by Gasteiger charge is 2.41. The molecule has 4 rings (SSSR count). The third kappa shape index (κ3) is 5.01. The van der Waals surface area contributed by atoms with Gasteiger partial charge in [-0.1, -0.05) is 18.2 Å². The van der Waals surface area contributed by atoms with E-state index < -0.39 is 34.7 Å². The van der Waals surface area contributed by atoms with E-state index in [0.717, 1.165) is 6.07 Å². The van der Waals surface area contributed by atoms with Crippen LogP contribution < -0.4 is 29.1 Å². The fraction of sp³-hybridized carbons (Fsp3) is 0.154. The number of ether oxygens (including phenoxy) is 5. The molecule has 192 valence electrons. The molecule has 0 amide bonds. The topological polar surface area (TPSA) is 93.4 Å². The van der Waals surface area contributed by atoms with E-state index in [4.69, 9.17) is 28.1 Å². The van der Waals surface area contributed by atoms with Crippen molar-refractivity contribution in [1.29, 1.82) is 0 Å². The van der Waals surface area contributed by atoms with Crippen LogP contribution in [0.3, 0.4) is 0 Å². The second-order valence-corrected chi connectivity index (χ2v) is 7.43. The minimum Gasteiger partial charge on any atom is -0.496 e. The average Bonchev–Trinajstić information content (AvgIpc) is 2.89. The van der Waals surface area contributed by atoms with Crippen molar-refractivity contribution in [2.45, 2.75) is 6.18 Å². The summed E-state index contributed by atoms with van der Waals surface area (Å²) in [6.45, 7) is 0. The molecule has 1 heterocycles. The molecule has 0 aliphatic rings. The normalized spacial score (nSPS) is 11.2. The Labute approximate surface area is 207 Å². The molecule has 4 aromatic rings. The van der Waals surface area contributed by atoms with E-state index in [9.17, 15) is 22.8 Å². The summed E-state index contributed by atoms with van der Waals surface area (Å²) in [5.41, 5.74) is -1.59. The third-order valence-electron chi connectivity index (χ3n) is 5.20. The predicted octanol–water partition coefficient (Wildman–Crippen LogP) is 5.85. The lowest BCUT2D eigenvalue weighted by molar-refractivity contribution is -0.154. The molecule has 3 aromatic carbocycles. The lowest BCUT2D eigenvalue weighted by Gasteiger charge is -2.15. The zero-order chi connectivity index (χ0) is 26.7. The summed E-state index contributed by atoms with van der Waals surface area (Å²) in [5.74, 6) is -3.48. The Hall–Kier alpha value is -4.67. The zero-order valence-corrected chi connectivity index (χ0v) is 19.7. The van der Waals surface area contributed by atoms with E-state index >= 15 is 0 Å². The molecule has 0 radical (unpaired) electrons. The quantitative estimate of drug-likeness (QED) is 0.223. The number of benzene rings is 3. The second-order valence-electron chi connectivity index (χ2n) is 7.43. The number of hydrogen-bond donors (Lipinski definition) is 0. The van der Waals surface area contributed by atoms with E-state index in [-0.39, 0.29) is 39.7 Å². The smallest absolute Gasteiger partial charge is 0.453 e. The number of hydrogen-bond acceptors (Lipinski definition) is 8. The Morgan fingerprint density at radius 2 is 1.41 bits per heavy atom. The van der Waals surface area contributed by atoms with Crippen molar-refractivity contribution < 1.29 is 46.1 Å². The minimum atomic E-state index is -5.08. The first kappa shape index (κ1) is 25.4. The lowest BCUT2D eigenvalue weighted by atomic mass is 10.1. The van der Waals surface area contributed by atoms with Gasteiger partial charge >= 0.3 is 12.1 Å². The Kier molecular flexibility index (Phi) is 6.96. The zero-order valence-electron chi connectivity index (χ0n) is 19.7. The SMILES string of the molecule is COc1ccccc1Oc1c(C(F)(F)F)oc2cc(OC(=O)c3c(OC)cccc3OC)ccc2c1=O. The fourth-order valence-corrected chi connectivity index (χ4v) is 3.52. The van der Waals surface area contributed by atoms with Crippen LogP contribution in [0.15, 0.2) is 69.9 Å². The van der Waals surface area contributed by atoms with Gasteiger partial charge < -0.3 is 28.1 Å². The molecular formula is C26H19F3O8. The average molecular weight is 516 g/mol. The molecule has 0 saturated heterocycles. The number of para-hydroxylation sites is 2. The van der Waals surface area contributed by atoms with E-state index in [2.05, 4.69) is 0 Å². The molecule has 37 heavy (non-hydrogen) atoms. The number of methoxy groups -OCH3 is 3. The molecule has 0 atom stereocenters. The first-order valence-electron chi connectivity index (χ1n) is 10.6. The maximum atomic E-state index is 13.9. The van der Waals surface area contributed by atoms with Crippen LogP contribution in [0.5, 0.6) is 34.5 Å². The van der Waals surface area contributed by atoms with Crippen molar-refractivity contribution >= 4 is 16.9 Å². The fourth-order valence-electron chi connectivity index (χ4n) is 3.52. The lowest BCUT2D eigenvalue weighted by Crippen LogP contribution is -2.16. The van der Waals surface area contributed by atoms with Crippen molar-refractivity contribution in [3.8, 4) is 34.5 Å². The molecule has 0 fully saturated rings. The molecule has 0 bridgehead atoms. The summed E-state index contributed by atoms with van der Waals surface area (Å²) >= 11 is 0. The summed E-state index contributed by atoms with van der Waals surface area (Å²) in [6.07, 6.45) is -5.08. The van der Waals surface area contributed by atoms with Crippen molar-refractivity contribution in [1.82, 2.24) is 0 Å². The molecular weight excluding hydrogens is 497 g/mol. The summed E-state index contributed by atoms with van der Waals surface area (Å²) < 4.78 is 72.8. The third-order valence-corrected chi connectivity index (χ3v) is 5.20. The van der Waals surface area contributed by atoms with Gasteiger partial charge in [0.05, 0.1) is 26.7 Å². The molecule has 11 heteroatoms. The molecule has 1 aromatic heterocycles. The van der Waals surface area contributed by atoms with Crippen LogP contribution >= 0.6 is 0 Å². The van der Waals surface area contributed by atoms with Gasteiger partial charge in [-0.3, -0.25) is 4.79 Å². The Bertz CT molecular complexity index is 1500. The maximum Gasteiger partial charge on any atom is 0.453 e. The summed E-state index contributed by atoms with van der Waals surface area (Å²) in [5, 5.41) is -0.229. The Morgan fingerprint density at radius 1 is 0.811 bits per heavy atom. The van der Waals surface area contributed by atoms with Crippen molar-refractivity contribution in [3.63, 3.8) is 0 Å². The number of fused-ring (bicyclic) bond motifs is 1. The first-order valence-corrected chi connectivity index (χ1v) is 10.6. The van der Waals surface area contributed by atoms with E-state index in [0.29, 0.717) is 0 Å². The van der Waals surface area contributed by atoms with Gasteiger partial charge in [0.2, 0.25) is 11.2 Å². The van der Waals surface area contributed by atoms with Crippen LogP contribution in [0.2, 0.25) is 0 Å². The molecule has 0 aliphatic carbocycles. The predicted molar refractivity (Wildman–Crippen MR) is 125 cm³/mol. The van der Waals surface area contributed by atoms with Gasteiger partial charge in [-0.2, -0.15) is 13.2 Å². The summed E-state index contributed by atoms with van der Waals surface area (Å²) in [4.78, 5) is 25.9. The van der Waals surface area contributed by atoms with Crippen LogP contribution in [-0.4, -0.2) is 27.3 Å². The van der Waals surface area contributed by atoms with Gasteiger partial charge in [0.25, 0.3) is 5.76 Å². The van der Waals surface area contributed by atoms with Crippen LogP contribution in [-0.2, 0) is 6.18 Å². The van der Waals surface area contributed by atoms with Crippen molar-refractivity contribution in [2.75, 3.05) is 21.3 Å². The Morgan fingerprint density at radius 3 is 2.00 bits per heavy atom. The summed E-state index contributed by atoms with van der Waals surface area (Å²) in [7, 11) is 4.00. The minimum absolute atomic E-state index is 0.0365. The number of halogens is 3. The van der Waals surface area contributed by atoms with E-state index in [1.54, 1.807) is 12.1 Å². The molecule has 0 aliphatic heterocycles. The van der Waals surface area contributed by atoms with Gasteiger partial charge in [0.1, 0.15) is 28.4 Å². The monoisotopic (exact) mass is 516 g/mol.